The van der Waals surface area contributed by atoms with Gasteiger partial charge in [0.2, 0.25) is 0 Å². The number of para-hydroxylation sites is 1. The van der Waals surface area contributed by atoms with Gasteiger partial charge in [-0.1, -0.05) is 18.2 Å². The summed E-state index contributed by atoms with van der Waals surface area (Å²) in [6, 6.07) is 7.74. The van der Waals surface area contributed by atoms with Gasteiger partial charge < -0.3 is 5.32 Å². The highest BCUT2D eigenvalue weighted by Gasteiger charge is 2.21. The Labute approximate surface area is 97.9 Å². The largest absolute Gasteiger partial charge is 0.384 e. The number of benzene rings is 1. The zero-order chi connectivity index (χ0) is 11.0. The summed E-state index contributed by atoms with van der Waals surface area (Å²) < 4.78 is 14.3. The molecule has 0 saturated heterocycles. The molecule has 0 spiro atoms. The molecule has 0 amide bonds. The molecule has 1 N–H and O–H groups in total. The monoisotopic (exact) mass is 233 g/mol. The second-order valence-electron chi connectivity index (χ2n) is 3.98. The molecule has 1 aromatic heterocycles. The number of thiophene rings is 1. The van der Waals surface area contributed by atoms with Crippen LogP contribution in [0.15, 0.2) is 35.0 Å². The number of hydrogen-bond acceptors (Lipinski definition) is 2. The Morgan fingerprint density at radius 2 is 2.25 bits per heavy atom. The topological polar surface area (TPSA) is 12.0 Å². The van der Waals surface area contributed by atoms with Crippen molar-refractivity contribution in [1.82, 2.24) is 0 Å². The summed E-state index contributed by atoms with van der Waals surface area (Å²) in [7, 11) is 0. The summed E-state index contributed by atoms with van der Waals surface area (Å²) in [5.41, 5.74) is 3.76. The number of alkyl halides is 1. The molecule has 2 aromatic rings. The fourth-order valence-corrected chi connectivity index (χ4v) is 2.85. The summed E-state index contributed by atoms with van der Waals surface area (Å²) in [5.74, 6) is 0. The number of rotatable bonds is 2. The van der Waals surface area contributed by atoms with Gasteiger partial charge in [-0.05, 0) is 28.8 Å². The van der Waals surface area contributed by atoms with Crippen molar-refractivity contribution < 1.29 is 4.39 Å². The van der Waals surface area contributed by atoms with Crippen molar-refractivity contribution in [3.63, 3.8) is 0 Å². The number of anilines is 1. The highest BCUT2D eigenvalue weighted by Crippen LogP contribution is 2.36. The zero-order valence-electron chi connectivity index (χ0n) is 8.74. The Kier molecular flexibility index (Phi) is 2.40. The summed E-state index contributed by atoms with van der Waals surface area (Å²) in [6.07, 6.45) is -0.00806. The van der Waals surface area contributed by atoms with Gasteiger partial charge >= 0.3 is 0 Å². The second-order valence-corrected chi connectivity index (χ2v) is 4.76. The molecule has 2 heterocycles. The maximum Gasteiger partial charge on any atom is 0.153 e. The van der Waals surface area contributed by atoms with Gasteiger partial charge in [-0.3, -0.25) is 0 Å². The highest BCUT2D eigenvalue weighted by atomic mass is 32.1. The normalized spacial score (nSPS) is 15.6. The molecule has 1 unspecified atom stereocenters. The molecule has 1 aliphatic rings. The molecule has 1 aliphatic heterocycles. The minimum Gasteiger partial charge on any atom is -0.384 e. The van der Waals surface area contributed by atoms with Crippen molar-refractivity contribution in [2.24, 2.45) is 0 Å². The van der Waals surface area contributed by atoms with Crippen molar-refractivity contribution >= 4 is 17.0 Å². The SMILES string of the molecule is FC(c1ccsc1)c1cccc2c1NCC2. The molecular weight excluding hydrogens is 221 g/mol. The van der Waals surface area contributed by atoms with Crippen molar-refractivity contribution in [3.05, 3.63) is 51.7 Å². The van der Waals surface area contributed by atoms with Crippen LogP contribution in [-0.2, 0) is 6.42 Å². The molecule has 1 atom stereocenters. The van der Waals surface area contributed by atoms with E-state index in [1.165, 1.54) is 16.9 Å². The fourth-order valence-electron chi connectivity index (χ4n) is 2.18. The minimum absolute atomic E-state index is 0.757. The third kappa shape index (κ3) is 1.52. The van der Waals surface area contributed by atoms with Gasteiger partial charge in [0.25, 0.3) is 0 Å². The lowest BCUT2D eigenvalue weighted by atomic mass is 10.0. The van der Waals surface area contributed by atoms with E-state index in [1.807, 2.05) is 29.0 Å². The maximum atomic E-state index is 14.3. The molecule has 1 aromatic carbocycles. The molecule has 0 radical (unpaired) electrons. The summed E-state index contributed by atoms with van der Waals surface area (Å²) >= 11 is 1.54. The van der Waals surface area contributed by atoms with Crippen LogP contribution in [0, 0.1) is 0 Å². The van der Waals surface area contributed by atoms with Crippen molar-refractivity contribution in [2.45, 2.75) is 12.6 Å². The van der Waals surface area contributed by atoms with Gasteiger partial charge in [-0.15, -0.1) is 0 Å². The molecule has 82 valence electrons. The highest BCUT2D eigenvalue weighted by molar-refractivity contribution is 7.07. The molecule has 3 heteroatoms. The lowest BCUT2D eigenvalue weighted by Crippen LogP contribution is -1.99. The van der Waals surface area contributed by atoms with Crippen molar-refractivity contribution in [1.29, 1.82) is 0 Å². The van der Waals surface area contributed by atoms with E-state index in [9.17, 15) is 4.39 Å². The van der Waals surface area contributed by atoms with Crippen LogP contribution in [0.25, 0.3) is 0 Å². The third-order valence-corrected chi connectivity index (χ3v) is 3.69. The zero-order valence-corrected chi connectivity index (χ0v) is 9.56. The summed E-state index contributed by atoms with van der Waals surface area (Å²) in [4.78, 5) is 0. The lowest BCUT2D eigenvalue weighted by molar-refractivity contribution is 0.404. The van der Waals surface area contributed by atoms with E-state index in [0.29, 0.717) is 0 Å². The molecule has 0 saturated carbocycles. The summed E-state index contributed by atoms with van der Waals surface area (Å²) in [6.45, 7) is 0.919. The van der Waals surface area contributed by atoms with E-state index in [0.717, 1.165) is 29.8 Å². The van der Waals surface area contributed by atoms with Crippen LogP contribution >= 0.6 is 11.3 Å². The van der Waals surface area contributed by atoms with Crippen LogP contribution in [-0.4, -0.2) is 6.54 Å². The van der Waals surface area contributed by atoms with Gasteiger partial charge in [0.15, 0.2) is 6.17 Å². The van der Waals surface area contributed by atoms with Gasteiger partial charge in [-0.25, -0.2) is 4.39 Å². The number of nitrogens with one attached hydrogen (secondary N) is 1. The van der Waals surface area contributed by atoms with E-state index in [1.54, 1.807) is 0 Å². The van der Waals surface area contributed by atoms with E-state index < -0.39 is 6.17 Å². The number of hydrogen-bond donors (Lipinski definition) is 1. The van der Waals surface area contributed by atoms with Crippen LogP contribution < -0.4 is 5.32 Å². The van der Waals surface area contributed by atoms with E-state index in [-0.39, 0.29) is 0 Å². The number of halogens is 1. The summed E-state index contributed by atoms with van der Waals surface area (Å²) in [5, 5.41) is 7.06. The third-order valence-electron chi connectivity index (χ3n) is 2.99. The Bertz CT molecular complexity index is 493. The molecule has 1 nitrogen and oxygen atoms in total. The van der Waals surface area contributed by atoms with Gasteiger partial charge in [-0.2, -0.15) is 11.3 Å². The van der Waals surface area contributed by atoms with Crippen LogP contribution in [0.2, 0.25) is 0 Å². The number of fused-ring (bicyclic) bond motifs is 1. The maximum absolute atomic E-state index is 14.3. The van der Waals surface area contributed by atoms with E-state index in [2.05, 4.69) is 11.4 Å². The first-order valence-corrected chi connectivity index (χ1v) is 6.32. The molecule has 0 bridgehead atoms. The first-order valence-electron chi connectivity index (χ1n) is 5.38. The smallest absolute Gasteiger partial charge is 0.153 e. The first-order chi connectivity index (χ1) is 7.86. The molecule has 3 rings (SSSR count). The Morgan fingerprint density at radius 3 is 3.06 bits per heavy atom. The predicted molar refractivity (Wildman–Crippen MR) is 65.9 cm³/mol. The average molecular weight is 233 g/mol. The van der Waals surface area contributed by atoms with Gasteiger partial charge in [0.1, 0.15) is 0 Å². The van der Waals surface area contributed by atoms with Crippen LogP contribution in [0.1, 0.15) is 22.9 Å². The molecule has 16 heavy (non-hydrogen) atoms. The Morgan fingerprint density at radius 1 is 1.31 bits per heavy atom. The second kappa shape index (κ2) is 3.91. The average Bonchev–Trinajstić information content (AvgIpc) is 2.98. The predicted octanol–water partition coefficient (Wildman–Crippen LogP) is 3.78. The van der Waals surface area contributed by atoms with Crippen molar-refractivity contribution in [3.8, 4) is 0 Å². The standard InChI is InChI=1S/C13H12FNS/c14-12(10-5-7-16-8-10)11-3-1-2-9-4-6-15-13(9)11/h1-3,5,7-8,12,15H,4,6H2. The molecule has 0 fully saturated rings. The molecular formula is C13H12FNS. The van der Waals surface area contributed by atoms with E-state index in [4.69, 9.17) is 0 Å². The van der Waals surface area contributed by atoms with Gasteiger partial charge in [0, 0.05) is 23.4 Å². The Hall–Kier alpha value is -1.35. The van der Waals surface area contributed by atoms with E-state index >= 15 is 0 Å². The quantitative estimate of drug-likeness (QED) is 0.832. The first kappa shape index (κ1) is 9.85. The van der Waals surface area contributed by atoms with Crippen LogP contribution in [0.3, 0.4) is 0 Å². The van der Waals surface area contributed by atoms with Crippen molar-refractivity contribution in [2.75, 3.05) is 11.9 Å². The Balaban J connectivity index is 2.04. The van der Waals surface area contributed by atoms with Gasteiger partial charge in [0.05, 0.1) is 0 Å². The lowest BCUT2D eigenvalue weighted by Gasteiger charge is -2.12. The fraction of sp³-hybridized carbons (Fsp3) is 0.231. The minimum atomic E-state index is -1.01. The van der Waals surface area contributed by atoms with Crippen LogP contribution in [0.5, 0.6) is 0 Å². The van der Waals surface area contributed by atoms with Crippen LogP contribution in [0.4, 0.5) is 10.1 Å². The molecule has 0 aliphatic carbocycles.